The molecule has 7 nitrogen and oxygen atoms in total. The van der Waals surface area contributed by atoms with Crippen LogP contribution in [0.5, 0.6) is 5.75 Å². The van der Waals surface area contributed by atoms with E-state index in [1.54, 1.807) is 7.11 Å². The number of aliphatic imine (C=N–C) groups is 1. The number of fused-ring (bicyclic) bond motifs is 1. The summed E-state index contributed by atoms with van der Waals surface area (Å²) in [7, 11) is 1.68. The smallest absolute Gasteiger partial charge is 0.175 e. The van der Waals surface area contributed by atoms with Crippen LogP contribution in [0.25, 0.3) is 0 Å². The molecule has 5 rings (SSSR count). The first-order valence-electron chi connectivity index (χ1n) is 8.84. The average molecular weight is 348 g/mol. The van der Waals surface area contributed by atoms with Gasteiger partial charge in [0.1, 0.15) is 17.4 Å². The second-order valence-electron chi connectivity index (χ2n) is 6.75. The monoisotopic (exact) mass is 348 g/mol. The molecule has 132 valence electrons. The molecule has 1 N–H and O–H groups in total. The molecule has 1 fully saturated rings. The second-order valence-corrected chi connectivity index (χ2v) is 6.75. The number of methoxy groups -OCH3 is 1. The van der Waals surface area contributed by atoms with Crippen LogP contribution in [-0.2, 0) is 6.54 Å². The number of hydrogen-bond donors (Lipinski definition) is 1. The standard InChI is InChI=1S/C19H20N6O/c1-26-15-6-4-14(5-7-15)24-11-18-20-8-9-25(18)19(12-24)21-17-10-16(22-23-17)13-2-3-13/h4-10,13H,2-3,11-12H2,1H3,(H,22,23). The molecule has 0 saturated heterocycles. The van der Waals surface area contributed by atoms with Crippen molar-refractivity contribution in [3.8, 4) is 5.75 Å². The van der Waals surface area contributed by atoms with E-state index in [-0.39, 0.29) is 0 Å². The molecular formula is C19H20N6O. The molecule has 2 aliphatic rings. The largest absolute Gasteiger partial charge is 0.497 e. The number of rotatable bonds is 4. The summed E-state index contributed by atoms with van der Waals surface area (Å²) in [4.78, 5) is 11.6. The third-order valence-corrected chi connectivity index (χ3v) is 4.94. The Morgan fingerprint density at radius 3 is 2.81 bits per heavy atom. The lowest BCUT2D eigenvalue weighted by Crippen LogP contribution is -2.39. The van der Waals surface area contributed by atoms with Crippen molar-refractivity contribution in [2.75, 3.05) is 18.6 Å². The number of hydrogen-bond acceptors (Lipinski definition) is 5. The fourth-order valence-corrected chi connectivity index (χ4v) is 3.34. The molecule has 2 aromatic heterocycles. The number of nitrogens with one attached hydrogen (secondary N) is 1. The lowest BCUT2D eigenvalue weighted by molar-refractivity contribution is 0.415. The summed E-state index contributed by atoms with van der Waals surface area (Å²) in [6.07, 6.45) is 6.28. The van der Waals surface area contributed by atoms with E-state index in [9.17, 15) is 0 Å². The number of nitrogens with zero attached hydrogens (tertiary/aromatic N) is 5. The van der Waals surface area contributed by atoms with Gasteiger partial charge in [0.2, 0.25) is 0 Å². The number of anilines is 1. The van der Waals surface area contributed by atoms with Crippen LogP contribution < -0.4 is 9.64 Å². The van der Waals surface area contributed by atoms with Crippen molar-refractivity contribution in [3.63, 3.8) is 0 Å². The van der Waals surface area contributed by atoms with Gasteiger partial charge in [0.25, 0.3) is 0 Å². The Morgan fingerprint density at radius 2 is 2.04 bits per heavy atom. The van der Waals surface area contributed by atoms with Gasteiger partial charge in [-0.2, -0.15) is 5.10 Å². The SMILES string of the molecule is COc1ccc(N2CC(=Nc3cc(C4CC4)[nH]n3)n3ccnc3C2)cc1. The Balaban J connectivity index is 1.46. The Morgan fingerprint density at radius 1 is 1.19 bits per heavy atom. The summed E-state index contributed by atoms with van der Waals surface area (Å²) in [6.45, 7) is 1.44. The van der Waals surface area contributed by atoms with Crippen molar-refractivity contribution in [3.05, 3.63) is 54.2 Å². The molecule has 0 amide bonds. The normalized spacial score (nSPS) is 18.2. The van der Waals surface area contributed by atoms with E-state index >= 15 is 0 Å². The highest BCUT2D eigenvalue weighted by atomic mass is 16.5. The number of benzene rings is 1. The molecule has 3 aromatic rings. The molecule has 1 aliphatic heterocycles. The summed E-state index contributed by atoms with van der Waals surface area (Å²) in [5.41, 5.74) is 2.31. The quantitative estimate of drug-likeness (QED) is 0.786. The predicted molar refractivity (Wildman–Crippen MR) is 99.3 cm³/mol. The predicted octanol–water partition coefficient (Wildman–Crippen LogP) is 3.09. The molecule has 0 atom stereocenters. The molecule has 0 spiro atoms. The van der Waals surface area contributed by atoms with Gasteiger partial charge in [-0.25, -0.2) is 9.98 Å². The molecule has 7 heteroatoms. The second kappa shape index (κ2) is 6.01. The van der Waals surface area contributed by atoms with Gasteiger partial charge in [-0.3, -0.25) is 9.67 Å². The zero-order chi connectivity index (χ0) is 17.5. The number of imidazole rings is 1. The minimum Gasteiger partial charge on any atom is -0.497 e. The van der Waals surface area contributed by atoms with Gasteiger partial charge in [-0.15, -0.1) is 0 Å². The number of aromatic nitrogens is 4. The van der Waals surface area contributed by atoms with Gasteiger partial charge in [0, 0.05) is 35.8 Å². The number of aromatic amines is 1. The van der Waals surface area contributed by atoms with Crippen molar-refractivity contribution in [2.24, 2.45) is 4.99 Å². The highest BCUT2D eigenvalue weighted by Crippen LogP contribution is 2.39. The Hall–Kier alpha value is -3.09. The average Bonchev–Trinajstić information content (AvgIpc) is 3.23. The topological polar surface area (TPSA) is 71.3 Å². The third-order valence-electron chi connectivity index (χ3n) is 4.94. The summed E-state index contributed by atoms with van der Waals surface area (Å²) in [5, 5.41) is 7.49. The molecule has 0 unspecified atom stereocenters. The van der Waals surface area contributed by atoms with Gasteiger partial charge < -0.3 is 9.64 Å². The summed E-state index contributed by atoms with van der Waals surface area (Å²) < 4.78 is 7.32. The van der Waals surface area contributed by atoms with Crippen molar-refractivity contribution >= 4 is 17.3 Å². The molecule has 1 saturated carbocycles. The minimum atomic E-state index is 0.641. The third kappa shape index (κ3) is 2.75. The minimum absolute atomic E-state index is 0.641. The summed E-state index contributed by atoms with van der Waals surface area (Å²) >= 11 is 0. The maximum atomic E-state index is 5.26. The van der Waals surface area contributed by atoms with Gasteiger partial charge >= 0.3 is 0 Å². The Kier molecular flexibility index (Phi) is 3.51. The highest BCUT2D eigenvalue weighted by molar-refractivity contribution is 5.92. The maximum Gasteiger partial charge on any atom is 0.175 e. The first kappa shape index (κ1) is 15.2. The van der Waals surface area contributed by atoms with E-state index in [0.717, 1.165) is 35.5 Å². The maximum absolute atomic E-state index is 5.26. The Bertz CT molecular complexity index is 951. The van der Waals surface area contributed by atoms with Crippen molar-refractivity contribution in [2.45, 2.75) is 25.3 Å². The zero-order valence-electron chi connectivity index (χ0n) is 14.6. The molecule has 3 heterocycles. The van der Waals surface area contributed by atoms with Crippen LogP contribution in [0.15, 0.2) is 47.7 Å². The van der Waals surface area contributed by atoms with Gasteiger partial charge in [0.15, 0.2) is 5.82 Å². The number of ether oxygens (including phenoxy) is 1. The van der Waals surface area contributed by atoms with E-state index in [2.05, 4.69) is 42.8 Å². The van der Waals surface area contributed by atoms with Gasteiger partial charge in [-0.05, 0) is 37.1 Å². The molecule has 0 radical (unpaired) electrons. The van der Waals surface area contributed by atoms with Crippen molar-refractivity contribution in [1.82, 2.24) is 19.7 Å². The van der Waals surface area contributed by atoms with E-state index in [0.29, 0.717) is 12.5 Å². The fraction of sp³-hybridized carbons (Fsp3) is 0.316. The molecular weight excluding hydrogens is 328 g/mol. The van der Waals surface area contributed by atoms with Gasteiger partial charge in [0.05, 0.1) is 20.2 Å². The van der Waals surface area contributed by atoms with E-state index in [1.807, 2.05) is 24.5 Å². The van der Waals surface area contributed by atoms with E-state index < -0.39 is 0 Å². The van der Waals surface area contributed by atoms with Crippen LogP contribution in [0.3, 0.4) is 0 Å². The first-order valence-corrected chi connectivity index (χ1v) is 8.84. The lowest BCUT2D eigenvalue weighted by Gasteiger charge is -2.30. The first-order chi connectivity index (χ1) is 12.8. The van der Waals surface area contributed by atoms with Crippen molar-refractivity contribution < 1.29 is 4.74 Å². The fourth-order valence-electron chi connectivity index (χ4n) is 3.34. The van der Waals surface area contributed by atoms with Crippen LogP contribution in [-0.4, -0.2) is 39.2 Å². The summed E-state index contributed by atoms with van der Waals surface area (Å²) in [6, 6.07) is 10.1. The lowest BCUT2D eigenvalue weighted by atomic mass is 10.2. The van der Waals surface area contributed by atoms with Crippen LogP contribution in [0, 0.1) is 0 Å². The zero-order valence-corrected chi connectivity index (χ0v) is 14.6. The van der Waals surface area contributed by atoms with E-state index in [1.165, 1.54) is 18.5 Å². The molecule has 1 aliphatic carbocycles. The van der Waals surface area contributed by atoms with E-state index in [4.69, 9.17) is 9.73 Å². The van der Waals surface area contributed by atoms with Gasteiger partial charge in [-0.1, -0.05) is 0 Å². The van der Waals surface area contributed by atoms with Crippen molar-refractivity contribution in [1.29, 1.82) is 0 Å². The van der Waals surface area contributed by atoms with Crippen LogP contribution in [0.1, 0.15) is 30.3 Å². The van der Waals surface area contributed by atoms with Crippen LogP contribution in [0.4, 0.5) is 11.5 Å². The highest BCUT2D eigenvalue weighted by Gasteiger charge is 2.26. The molecule has 1 aromatic carbocycles. The number of H-pyrrole nitrogens is 1. The Labute approximate surface area is 151 Å². The summed E-state index contributed by atoms with van der Waals surface area (Å²) in [5.74, 6) is 4.13. The van der Waals surface area contributed by atoms with Crippen LogP contribution >= 0.6 is 0 Å². The molecule has 0 bridgehead atoms. The van der Waals surface area contributed by atoms with Crippen LogP contribution in [0.2, 0.25) is 0 Å². The molecule has 26 heavy (non-hydrogen) atoms.